The van der Waals surface area contributed by atoms with E-state index in [1.807, 2.05) is 6.07 Å². The molecule has 1 aromatic heterocycles. The molecule has 0 aliphatic carbocycles. The van der Waals surface area contributed by atoms with Crippen LogP contribution in [-0.4, -0.2) is 11.5 Å². The van der Waals surface area contributed by atoms with Crippen molar-refractivity contribution < 1.29 is 9.13 Å². The number of hydrogen-bond donors (Lipinski definition) is 1. The highest BCUT2D eigenvalue weighted by Crippen LogP contribution is 2.25. The lowest BCUT2D eigenvalue weighted by Gasteiger charge is -2.12. The van der Waals surface area contributed by atoms with Gasteiger partial charge in [-0.3, -0.25) is 0 Å². The Balaban J connectivity index is 2.08. The van der Waals surface area contributed by atoms with Gasteiger partial charge in [-0.2, -0.15) is 0 Å². The van der Waals surface area contributed by atoms with E-state index in [0.29, 0.717) is 16.1 Å². The van der Waals surface area contributed by atoms with Crippen LogP contribution in [0.25, 0.3) is 0 Å². The Bertz CT molecular complexity index is 575. The van der Waals surface area contributed by atoms with Gasteiger partial charge < -0.3 is 10.1 Å². The molecule has 0 saturated carbocycles. The number of halogens is 2. The van der Waals surface area contributed by atoms with Crippen LogP contribution in [0.5, 0.6) is 11.6 Å². The maximum Gasteiger partial charge on any atom is 0.219 e. The Morgan fingerprint density at radius 3 is 2.75 bits per heavy atom. The molecule has 20 heavy (non-hydrogen) atoms. The molecular weight excluding hydrogens is 323 g/mol. The predicted molar refractivity (Wildman–Crippen MR) is 80.5 cm³/mol. The van der Waals surface area contributed by atoms with Crippen LogP contribution in [0.1, 0.15) is 25.5 Å². The van der Waals surface area contributed by atoms with E-state index in [0.717, 1.165) is 12.1 Å². The Morgan fingerprint density at radius 2 is 2.15 bits per heavy atom. The van der Waals surface area contributed by atoms with E-state index in [-0.39, 0.29) is 11.9 Å². The standard InChI is InChI=1S/C15H16BrFN2O/c1-3-18-10(2)11-4-7-15(19-9-11)20-12-5-6-14(17)13(16)8-12/h4-10,18H,3H2,1-2H3. The summed E-state index contributed by atoms with van der Waals surface area (Å²) < 4.78 is 19.1. The van der Waals surface area contributed by atoms with Gasteiger partial charge in [-0.1, -0.05) is 13.0 Å². The smallest absolute Gasteiger partial charge is 0.219 e. The molecule has 0 aliphatic rings. The number of benzene rings is 1. The van der Waals surface area contributed by atoms with Gasteiger partial charge >= 0.3 is 0 Å². The summed E-state index contributed by atoms with van der Waals surface area (Å²) in [6.07, 6.45) is 1.78. The van der Waals surface area contributed by atoms with Crippen LogP contribution in [0, 0.1) is 5.82 Å². The maximum absolute atomic E-state index is 13.1. The fraction of sp³-hybridized carbons (Fsp3) is 0.267. The highest BCUT2D eigenvalue weighted by atomic mass is 79.9. The number of nitrogens with zero attached hydrogens (tertiary/aromatic N) is 1. The van der Waals surface area contributed by atoms with Gasteiger partial charge in [0.2, 0.25) is 5.88 Å². The van der Waals surface area contributed by atoms with Gasteiger partial charge in [0.25, 0.3) is 0 Å². The second-order valence-electron chi connectivity index (χ2n) is 4.39. The summed E-state index contributed by atoms with van der Waals surface area (Å²) in [5.41, 5.74) is 1.10. The molecule has 0 amide bonds. The third-order valence-corrected chi connectivity index (χ3v) is 3.49. The number of pyridine rings is 1. The first-order valence-corrected chi connectivity index (χ1v) is 7.21. The van der Waals surface area contributed by atoms with Crippen molar-refractivity contribution in [3.63, 3.8) is 0 Å². The lowest BCUT2D eigenvalue weighted by atomic mass is 10.1. The number of rotatable bonds is 5. The fourth-order valence-corrected chi connectivity index (χ4v) is 2.15. The lowest BCUT2D eigenvalue weighted by molar-refractivity contribution is 0.459. The maximum atomic E-state index is 13.1. The Kier molecular flexibility index (Phi) is 5.09. The molecule has 5 heteroatoms. The van der Waals surface area contributed by atoms with E-state index < -0.39 is 0 Å². The van der Waals surface area contributed by atoms with Crippen LogP contribution < -0.4 is 10.1 Å². The van der Waals surface area contributed by atoms with E-state index in [1.54, 1.807) is 24.4 Å². The third kappa shape index (κ3) is 3.77. The minimum absolute atomic E-state index is 0.251. The van der Waals surface area contributed by atoms with Crippen molar-refractivity contribution >= 4 is 15.9 Å². The van der Waals surface area contributed by atoms with Crippen molar-refractivity contribution in [3.8, 4) is 11.6 Å². The Hall–Kier alpha value is -1.46. The predicted octanol–water partition coefficient (Wildman–Crippen LogP) is 4.45. The summed E-state index contributed by atoms with van der Waals surface area (Å²) in [6.45, 7) is 5.05. The molecule has 1 atom stereocenters. The molecule has 1 heterocycles. The molecule has 1 N–H and O–H groups in total. The highest BCUT2D eigenvalue weighted by molar-refractivity contribution is 9.10. The minimum atomic E-state index is -0.319. The van der Waals surface area contributed by atoms with Crippen LogP contribution in [0.4, 0.5) is 4.39 Å². The first-order chi connectivity index (χ1) is 9.60. The van der Waals surface area contributed by atoms with E-state index in [9.17, 15) is 4.39 Å². The topological polar surface area (TPSA) is 34.1 Å². The minimum Gasteiger partial charge on any atom is -0.439 e. The van der Waals surface area contributed by atoms with E-state index in [1.165, 1.54) is 6.07 Å². The van der Waals surface area contributed by atoms with Gasteiger partial charge in [-0.25, -0.2) is 9.37 Å². The highest BCUT2D eigenvalue weighted by Gasteiger charge is 2.06. The second kappa shape index (κ2) is 6.81. The van der Waals surface area contributed by atoms with E-state index in [2.05, 4.69) is 40.1 Å². The molecule has 1 aromatic carbocycles. The quantitative estimate of drug-likeness (QED) is 0.874. The van der Waals surface area contributed by atoms with Gasteiger partial charge in [-0.15, -0.1) is 0 Å². The summed E-state index contributed by atoms with van der Waals surface area (Å²) in [5, 5.41) is 3.32. The number of hydrogen-bond acceptors (Lipinski definition) is 3. The SMILES string of the molecule is CCNC(C)c1ccc(Oc2ccc(F)c(Br)c2)nc1. The average molecular weight is 339 g/mol. The monoisotopic (exact) mass is 338 g/mol. The summed E-state index contributed by atoms with van der Waals surface area (Å²) in [5.74, 6) is 0.703. The second-order valence-corrected chi connectivity index (χ2v) is 5.24. The molecule has 1 unspecified atom stereocenters. The summed E-state index contributed by atoms with van der Waals surface area (Å²) in [6, 6.07) is 8.51. The third-order valence-electron chi connectivity index (χ3n) is 2.88. The summed E-state index contributed by atoms with van der Waals surface area (Å²) >= 11 is 3.12. The number of ether oxygens (including phenoxy) is 1. The van der Waals surface area contributed by atoms with Crippen LogP contribution in [0.15, 0.2) is 41.0 Å². The molecule has 0 bridgehead atoms. The zero-order valence-electron chi connectivity index (χ0n) is 11.4. The Labute approximate surface area is 126 Å². The summed E-state index contributed by atoms with van der Waals surface area (Å²) in [4.78, 5) is 4.26. The van der Waals surface area contributed by atoms with Gasteiger partial charge in [0.05, 0.1) is 4.47 Å². The van der Waals surface area contributed by atoms with Crippen LogP contribution >= 0.6 is 15.9 Å². The largest absolute Gasteiger partial charge is 0.439 e. The van der Waals surface area contributed by atoms with Crippen molar-refractivity contribution in [2.45, 2.75) is 19.9 Å². The van der Waals surface area contributed by atoms with Gasteiger partial charge in [0.1, 0.15) is 11.6 Å². The molecular formula is C15H16BrFN2O. The Morgan fingerprint density at radius 1 is 1.35 bits per heavy atom. The van der Waals surface area contributed by atoms with E-state index >= 15 is 0 Å². The van der Waals surface area contributed by atoms with Gasteiger partial charge in [0.15, 0.2) is 0 Å². The number of aromatic nitrogens is 1. The normalized spacial score (nSPS) is 12.2. The van der Waals surface area contributed by atoms with Gasteiger partial charge in [0, 0.05) is 18.3 Å². The molecule has 2 aromatic rings. The van der Waals surface area contributed by atoms with E-state index in [4.69, 9.17) is 4.74 Å². The molecule has 106 valence electrons. The van der Waals surface area contributed by atoms with Crippen LogP contribution in [0.2, 0.25) is 0 Å². The molecule has 3 nitrogen and oxygen atoms in total. The number of nitrogens with one attached hydrogen (secondary N) is 1. The summed E-state index contributed by atoms with van der Waals surface area (Å²) in [7, 11) is 0. The molecule has 0 fully saturated rings. The molecule has 2 rings (SSSR count). The van der Waals surface area contributed by atoms with Gasteiger partial charge in [-0.05, 0) is 53.2 Å². The lowest BCUT2D eigenvalue weighted by Crippen LogP contribution is -2.17. The molecule has 0 saturated heterocycles. The molecule has 0 spiro atoms. The molecule has 0 aliphatic heterocycles. The van der Waals surface area contributed by atoms with Crippen LogP contribution in [-0.2, 0) is 0 Å². The average Bonchev–Trinajstić information content (AvgIpc) is 2.44. The van der Waals surface area contributed by atoms with Crippen molar-refractivity contribution in [2.75, 3.05) is 6.54 Å². The first-order valence-electron chi connectivity index (χ1n) is 6.42. The van der Waals surface area contributed by atoms with Crippen LogP contribution in [0.3, 0.4) is 0 Å². The van der Waals surface area contributed by atoms with Crippen molar-refractivity contribution in [1.29, 1.82) is 0 Å². The zero-order chi connectivity index (χ0) is 14.5. The fourth-order valence-electron chi connectivity index (χ4n) is 1.79. The first kappa shape index (κ1) is 14.9. The molecule has 0 radical (unpaired) electrons. The van der Waals surface area contributed by atoms with Crippen molar-refractivity contribution in [2.24, 2.45) is 0 Å². The zero-order valence-corrected chi connectivity index (χ0v) is 12.9. The van der Waals surface area contributed by atoms with Crippen molar-refractivity contribution in [3.05, 3.63) is 52.4 Å². The van der Waals surface area contributed by atoms with Crippen molar-refractivity contribution in [1.82, 2.24) is 10.3 Å².